The van der Waals surface area contributed by atoms with E-state index in [1.807, 2.05) is 0 Å². The molecule has 0 radical (unpaired) electrons. The predicted octanol–water partition coefficient (Wildman–Crippen LogP) is 2.84. The number of carbonyl (C=O) groups is 1. The SMILES string of the molecule is C[C@]1(c2cc(NC(=O)c3ccc(OCC4CC4)cn3)ccc2F)N=C(N)O[C@@H]2COC[C@@H]21. The first kappa shape index (κ1) is 20.7. The maximum atomic E-state index is 14.9. The smallest absolute Gasteiger partial charge is 0.283 e. The first-order valence-corrected chi connectivity index (χ1v) is 10.7. The number of pyridine rings is 1. The number of benzene rings is 1. The standard InChI is InChI=1S/C23H25FN4O4/c1-23(17-11-30-12-20(17)32-22(25)28-23)16-8-14(4-6-18(16)24)27-21(29)19-7-5-15(9-26-19)31-10-13-2-3-13/h4-9,13,17,20H,2-3,10-12H2,1H3,(H2,25,28)(H,27,29)/t17-,20+,23+/m0/s1. The molecule has 1 saturated heterocycles. The van der Waals surface area contributed by atoms with Crippen LogP contribution in [0.4, 0.5) is 10.1 Å². The van der Waals surface area contributed by atoms with Gasteiger partial charge in [0.25, 0.3) is 11.9 Å². The number of halogens is 1. The zero-order valence-electron chi connectivity index (χ0n) is 17.7. The summed E-state index contributed by atoms with van der Waals surface area (Å²) < 4.78 is 31.6. The minimum atomic E-state index is -0.979. The Kier molecular flexibility index (Phi) is 5.21. The van der Waals surface area contributed by atoms with E-state index in [9.17, 15) is 9.18 Å². The van der Waals surface area contributed by atoms with Crippen LogP contribution in [0.1, 0.15) is 35.8 Å². The molecule has 1 saturated carbocycles. The molecule has 2 fully saturated rings. The molecule has 8 nitrogen and oxygen atoms in total. The van der Waals surface area contributed by atoms with Gasteiger partial charge in [0, 0.05) is 11.3 Å². The number of ether oxygens (including phenoxy) is 3. The van der Waals surface area contributed by atoms with E-state index in [1.54, 1.807) is 25.1 Å². The summed E-state index contributed by atoms with van der Waals surface area (Å²) in [5, 5.41) is 2.78. The Bertz CT molecular complexity index is 1060. The summed E-state index contributed by atoms with van der Waals surface area (Å²) in [6.45, 7) is 3.24. The van der Waals surface area contributed by atoms with Crippen LogP contribution in [0, 0.1) is 17.7 Å². The number of amides is 1. The average molecular weight is 440 g/mol. The van der Waals surface area contributed by atoms with Crippen molar-refractivity contribution in [1.29, 1.82) is 0 Å². The van der Waals surface area contributed by atoms with E-state index >= 15 is 0 Å². The van der Waals surface area contributed by atoms with Crippen LogP contribution in [0.15, 0.2) is 41.5 Å². The predicted molar refractivity (Wildman–Crippen MR) is 115 cm³/mol. The second-order valence-electron chi connectivity index (χ2n) is 8.68. The Morgan fingerprint density at radius 3 is 2.91 bits per heavy atom. The molecule has 3 N–H and O–H groups in total. The van der Waals surface area contributed by atoms with E-state index in [0.29, 0.717) is 42.7 Å². The lowest BCUT2D eigenvalue weighted by molar-refractivity contribution is 0.0817. The van der Waals surface area contributed by atoms with Gasteiger partial charge in [-0.05, 0) is 56.0 Å². The van der Waals surface area contributed by atoms with Crippen molar-refractivity contribution in [2.24, 2.45) is 22.6 Å². The van der Waals surface area contributed by atoms with E-state index in [-0.39, 0.29) is 23.7 Å². The van der Waals surface area contributed by atoms with Gasteiger partial charge < -0.3 is 25.3 Å². The Balaban J connectivity index is 1.34. The van der Waals surface area contributed by atoms with E-state index in [2.05, 4.69) is 15.3 Å². The summed E-state index contributed by atoms with van der Waals surface area (Å²) in [4.78, 5) is 21.3. The van der Waals surface area contributed by atoms with Crippen molar-refractivity contribution in [3.05, 3.63) is 53.6 Å². The lowest BCUT2D eigenvalue weighted by Crippen LogP contribution is -2.47. The minimum absolute atomic E-state index is 0.00119. The van der Waals surface area contributed by atoms with Crippen LogP contribution in [-0.4, -0.2) is 42.8 Å². The van der Waals surface area contributed by atoms with Gasteiger partial charge in [-0.15, -0.1) is 0 Å². The van der Waals surface area contributed by atoms with Crippen molar-refractivity contribution >= 4 is 17.6 Å². The molecular formula is C23H25FN4O4. The summed E-state index contributed by atoms with van der Waals surface area (Å²) in [5.41, 5.74) is 5.87. The number of carbonyl (C=O) groups excluding carboxylic acids is 1. The lowest BCUT2D eigenvalue weighted by Gasteiger charge is -2.38. The number of hydrogen-bond acceptors (Lipinski definition) is 7. The number of aromatic nitrogens is 1. The van der Waals surface area contributed by atoms with Gasteiger partial charge in [0.1, 0.15) is 23.4 Å². The highest BCUT2D eigenvalue weighted by atomic mass is 19.1. The molecule has 1 amide bonds. The van der Waals surface area contributed by atoms with Crippen molar-refractivity contribution < 1.29 is 23.4 Å². The third-order valence-electron chi connectivity index (χ3n) is 6.29. The van der Waals surface area contributed by atoms with Crippen LogP contribution >= 0.6 is 0 Å². The summed E-state index contributed by atoms with van der Waals surface area (Å²) in [6.07, 6.45) is 3.64. The fourth-order valence-electron chi connectivity index (χ4n) is 4.21. The number of nitrogens with zero attached hydrogens (tertiary/aromatic N) is 2. The van der Waals surface area contributed by atoms with Crippen molar-refractivity contribution in [3.8, 4) is 5.75 Å². The van der Waals surface area contributed by atoms with Crippen molar-refractivity contribution in [3.63, 3.8) is 0 Å². The van der Waals surface area contributed by atoms with Gasteiger partial charge in [-0.2, -0.15) is 0 Å². The molecule has 3 atom stereocenters. The molecule has 9 heteroatoms. The quantitative estimate of drug-likeness (QED) is 0.715. The van der Waals surface area contributed by atoms with E-state index in [1.165, 1.54) is 31.2 Å². The summed E-state index contributed by atoms with van der Waals surface area (Å²) in [6, 6.07) is 7.72. The molecule has 5 rings (SSSR count). The lowest BCUT2D eigenvalue weighted by atomic mass is 9.77. The maximum Gasteiger partial charge on any atom is 0.283 e. The van der Waals surface area contributed by atoms with Crippen LogP contribution in [0.25, 0.3) is 0 Å². The summed E-state index contributed by atoms with van der Waals surface area (Å²) in [5.74, 6) is 0.228. The number of aliphatic imine (C=N–C) groups is 1. The van der Waals surface area contributed by atoms with Crippen LogP contribution in [-0.2, 0) is 15.0 Å². The van der Waals surface area contributed by atoms with Gasteiger partial charge in [-0.25, -0.2) is 14.4 Å². The van der Waals surface area contributed by atoms with Crippen molar-refractivity contribution in [2.45, 2.75) is 31.4 Å². The van der Waals surface area contributed by atoms with Crippen LogP contribution < -0.4 is 15.8 Å². The summed E-state index contributed by atoms with van der Waals surface area (Å²) >= 11 is 0. The van der Waals surface area contributed by atoms with Crippen molar-refractivity contribution in [2.75, 3.05) is 25.1 Å². The Hall–Kier alpha value is -3.20. The van der Waals surface area contributed by atoms with Gasteiger partial charge in [0.2, 0.25) is 0 Å². The Morgan fingerprint density at radius 2 is 2.16 bits per heavy atom. The molecule has 0 unspecified atom stereocenters. The zero-order valence-corrected chi connectivity index (χ0v) is 17.7. The third kappa shape index (κ3) is 4.00. The number of nitrogens with two attached hydrogens (primary N) is 1. The average Bonchev–Trinajstić information content (AvgIpc) is 3.49. The topological polar surface area (TPSA) is 108 Å². The third-order valence-corrected chi connectivity index (χ3v) is 6.29. The van der Waals surface area contributed by atoms with E-state index in [0.717, 1.165) is 0 Å². The van der Waals surface area contributed by atoms with Crippen LogP contribution in [0.5, 0.6) is 5.75 Å². The van der Waals surface area contributed by atoms with E-state index in [4.69, 9.17) is 19.9 Å². The zero-order chi connectivity index (χ0) is 22.3. The molecule has 2 aliphatic heterocycles. The molecule has 2 aromatic rings. The molecule has 168 valence electrons. The molecule has 32 heavy (non-hydrogen) atoms. The van der Waals surface area contributed by atoms with Gasteiger partial charge in [0.15, 0.2) is 0 Å². The summed E-state index contributed by atoms with van der Waals surface area (Å²) in [7, 11) is 0. The number of rotatable bonds is 6. The monoisotopic (exact) mass is 440 g/mol. The normalized spacial score (nSPS) is 26.6. The van der Waals surface area contributed by atoms with Crippen molar-refractivity contribution in [1.82, 2.24) is 4.98 Å². The van der Waals surface area contributed by atoms with Gasteiger partial charge in [0.05, 0.1) is 37.5 Å². The van der Waals surface area contributed by atoms with Gasteiger partial charge in [-0.3, -0.25) is 4.79 Å². The highest BCUT2D eigenvalue weighted by Crippen LogP contribution is 2.43. The highest BCUT2D eigenvalue weighted by Gasteiger charge is 2.50. The molecule has 0 spiro atoms. The molecule has 1 aromatic carbocycles. The second-order valence-corrected chi connectivity index (χ2v) is 8.68. The fourth-order valence-corrected chi connectivity index (χ4v) is 4.21. The molecule has 1 aromatic heterocycles. The van der Waals surface area contributed by atoms with Crippen LogP contribution in [0.3, 0.4) is 0 Å². The largest absolute Gasteiger partial charge is 0.492 e. The Morgan fingerprint density at radius 1 is 1.31 bits per heavy atom. The first-order chi connectivity index (χ1) is 15.4. The van der Waals surface area contributed by atoms with Gasteiger partial charge in [-0.1, -0.05) is 0 Å². The van der Waals surface area contributed by atoms with Gasteiger partial charge >= 0.3 is 0 Å². The first-order valence-electron chi connectivity index (χ1n) is 10.7. The molecule has 0 bridgehead atoms. The number of fused-ring (bicyclic) bond motifs is 1. The molecular weight excluding hydrogens is 415 g/mol. The number of nitrogens with one attached hydrogen (secondary N) is 1. The molecule has 3 heterocycles. The molecule has 1 aliphatic carbocycles. The maximum absolute atomic E-state index is 14.9. The Labute approximate surface area is 185 Å². The second kappa shape index (κ2) is 8.05. The number of hydrogen-bond donors (Lipinski definition) is 2. The fraction of sp³-hybridized carbons (Fsp3) is 0.435. The molecule has 3 aliphatic rings. The number of anilines is 1. The highest BCUT2D eigenvalue weighted by molar-refractivity contribution is 6.02. The number of amidine groups is 1. The minimum Gasteiger partial charge on any atom is -0.492 e. The van der Waals surface area contributed by atoms with E-state index < -0.39 is 17.3 Å². The van der Waals surface area contributed by atoms with Crippen LogP contribution in [0.2, 0.25) is 0 Å².